The van der Waals surface area contributed by atoms with Crippen molar-refractivity contribution in [3.63, 3.8) is 0 Å². The van der Waals surface area contributed by atoms with Gasteiger partial charge < -0.3 is 10.2 Å². The molecule has 1 aliphatic rings. The Morgan fingerprint density at radius 1 is 1.06 bits per heavy atom. The van der Waals surface area contributed by atoms with Crippen LogP contribution in [-0.4, -0.2) is 37.6 Å². The summed E-state index contributed by atoms with van der Waals surface area (Å²) in [5.74, 6) is 0. The number of hydrogen-bond acceptors (Lipinski definition) is 2. The average Bonchev–Trinajstić information content (AvgIpc) is 2.57. The molecule has 1 saturated carbocycles. The molecule has 1 N–H and O–H groups in total. The van der Waals surface area contributed by atoms with Gasteiger partial charge >= 0.3 is 0 Å². The van der Waals surface area contributed by atoms with E-state index in [0.29, 0.717) is 0 Å². The lowest BCUT2D eigenvalue weighted by molar-refractivity contribution is 0.221. The van der Waals surface area contributed by atoms with Crippen LogP contribution >= 0.6 is 0 Å². The lowest BCUT2D eigenvalue weighted by atomic mass is 10.1. The van der Waals surface area contributed by atoms with Crippen LogP contribution in [0.2, 0.25) is 0 Å². The first-order valence-corrected chi connectivity index (χ1v) is 7.25. The monoisotopic (exact) mass is 226 g/mol. The molecule has 1 rings (SSSR count). The second-order valence-corrected chi connectivity index (χ2v) is 5.23. The van der Waals surface area contributed by atoms with Gasteiger partial charge in [0.2, 0.25) is 0 Å². The Bertz CT molecular complexity index is 151. The van der Waals surface area contributed by atoms with Crippen molar-refractivity contribution in [1.82, 2.24) is 10.2 Å². The summed E-state index contributed by atoms with van der Waals surface area (Å²) in [5.41, 5.74) is 0. The Morgan fingerprint density at radius 3 is 2.38 bits per heavy atom. The van der Waals surface area contributed by atoms with Gasteiger partial charge in [0.1, 0.15) is 0 Å². The van der Waals surface area contributed by atoms with Crippen LogP contribution in [0.4, 0.5) is 0 Å². The van der Waals surface area contributed by atoms with E-state index in [1.807, 2.05) is 0 Å². The predicted molar refractivity (Wildman–Crippen MR) is 71.9 cm³/mol. The third-order valence-corrected chi connectivity index (χ3v) is 3.80. The second kappa shape index (κ2) is 9.00. The van der Waals surface area contributed by atoms with E-state index in [1.54, 1.807) is 0 Å². The molecule has 1 fully saturated rings. The molecule has 0 bridgehead atoms. The van der Waals surface area contributed by atoms with Gasteiger partial charge in [0.25, 0.3) is 0 Å². The number of nitrogens with zero attached hydrogens (tertiary/aromatic N) is 1. The van der Waals surface area contributed by atoms with Gasteiger partial charge in [0, 0.05) is 19.1 Å². The Balaban J connectivity index is 2.05. The molecule has 0 heterocycles. The quantitative estimate of drug-likeness (QED) is 0.530. The molecule has 0 radical (unpaired) electrons. The summed E-state index contributed by atoms with van der Waals surface area (Å²) in [6.45, 7) is 5.82. The fourth-order valence-electron chi connectivity index (χ4n) is 2.56. The fraction of sp³-hybridized carbons (Fsp3) is 1.00. The Kier molecular flexibility index (Phi) is 7.87. The Hall–Kier alpha value is -0.0800. The van der Waals surface area contributed by atoms with Crippen molar-refractivity contribution in [3.05, 3.63) is 0 Å². The van der Waals surface area contributed by atoms with Gasteiger partial charge in [-0.15, -0.1) is 0 Å². The summed E-state index contributed by atoms with van der Waals surface area (Å²) in [7, 11) is 2.30. The van der Waals surface area contributed by atoms with Crippen molar-refractivity contribution in [3.8, 4) is 0 Å². The molecule has 2 heteroatoms. The zero-order valence-corrected chi connectivity index (χ0v) is 11.3. The van der Waals surface area contributed by atoms with Crippen molar-refractivity contribution >= 4 is 0 Å². The highest BCUT2D eigenvalue weighted by atomic mass is 15.1. The summed E-state index contributed by atoms with van der Waals surface area (Å²) >= 11 is 0. The van der Waals surface area contributed by atoms with Gasteiger partial charge in [-0.2, -0.15) is 0 Å². The molecule has 1 aliphatic carbocycles. The maximum atomic E-state index is 3.53. The van der Waals surface area contributed by atoms with Gasteiger partial charge in [-0.25, -0.2) is 0 Å². The van der Waals surface area contributed by atoms with Crippen LogP contribution in [0.25, 0.3) is 0 Å². The van der Waals surface area contributed by atoms with Crippen LogP contribution in [0.3, 0.4) is 0 Å². The van der Waals surface area contributed by atoms with E-state index in [0.717, 1.165) is 12.6 Å². The largest absolute Gasteiger partial charge is 0.315 e. The average molecular weight is 226 g/mol. The highest BCUT2D eigenvalue weighted by Gasteiger charge is 2.15. The van der Waals surface area contributed by atoms with Crippen LogP contribution in [0.1, 0.15) is 58.3 Å². The first-order chi connectivity index (χ1) is 7.84. The normalized spacial score (nSPS) is 18.9. The first-order valence-electron chi connectivity index (χ1n) is 7.25. The molecule has 0 aromatic rings. The molecule has 16 heavy (non-hydrogen) atoms. The minimum atomic E-state index is 0.857. The molecular weight excluding hydrogens is 196 g/mol. The van der Waals surface area contributed by atoms with Crippen LogP contribution in [0.5, 0.6) is 0 Å². The Labute approximate surface area is 102 Å². The van der Waals surface area contributed by atoms with E-state index in [2.05, 4.69) is 24.2 Å². The first kappa shape index (κ1) is 14.0. The van der Waals surface area contributed by atoms with Crippen molar-refractivity contribution in [2.75, 3.05) is 26.7 Å². The molecule has 0 amide bonds. The number of unbranched alkanes of at least 4 members (excludes halogenated alkanes) is 1. The number of nitrogens with one attached hydrogen (secondary N) is 1. The molecule has 0 spiro atoms. The fourth-order valence-corrected chi connectivity index (χ4v) is 2.56. The third kappa shape index (κ3) is 5.86. The van der Waals surface area contributed by atoms with Crippen LogP contribution in [0.15, 0.2) is 0 Å². The zero-order valence-electron chi connectivity index (χ0n) is 11.3. The predicted octanol–water partition coefficient (Wildman–Crippen LogP) is 3.03. The molecule has 0 aromatic carbocycles. The molecule has 0 aromatic heterocycles. The van der Waals surface area contributed by atoms with E-state index >= 15 is 0 Å². The van der Waals surface area contributed by atoms with E-state index in [9.17, 15) is 0 Å². The second-order valence-electron chi connectivity index (χ2n) is 5.23. The van der Waals surface area contributed by atoms with Gasteiger partial charge in [0.15, 0.2) is 0 Å². The topological polar surface area (TPSA) is 15.3 Å². The smallest absolute Gasteiger partial charge is 0.0107 e. The van der Waals surface area contributed by atoms with Gasteiger partial charge in [-0.1, -0.05) is 39.0 Å². The number of likely N-dealkylation sites (N-methyl/N-ethyl adjacent to an activating group) is 1. The van der Waals surface area contributed by atoms with Gasteiger partial charge in [0.05, 0.1) is 0 Å². The van der Waals surface area contributed by atoms with Crippen molar-refractivity contribution in [1.29, 1.82) is 0 Å². The zero-order chi connectivity index (χ0) is 11.6. The molecule has 0 saturated heterocycles. The summed E-state index contributed by atoms with van der Waals surface area (Å²) in [4.78, 5) is 2.57. The van der Waals surface area contributed by atoms with Gasteiger partial charge in [-0.3, -0.25) is 0 Å². The standard InChI is InChI=1S/C14H30N2/c1-3-4-11-15-12-13-16(2)14-9-7-5-6-8-10-14/h14-15H,3-13H2,1-2H3. The highest BCUT2D eigenvalue weighted by molar-refractivity contribution is 4.72. The summed E-state index contributed by atoms with van der Waals surface area (Å²) in [6, 6.07) is 0.857. The molecule has 96 valence electrons. The SMILES string of the molecule is CCCCNCCN(C)C1CCCCCC1. The minimum absolute atomic E-state index is 0.857. The van der Waals surface area contributed by atoms with Crippen LogP contribution in [0, 0.1) is 0 Å². The van der Waals surface area contributed by atoms with E-state index in [1.165, 1.54) is 64.5 Å². The maximum Gasteiger partial charge on any atom is 0.0107 e. The van der Waals surface area contributed by atoms with Crippen LogP contribution < -0.4 is 5.32 Å². The van der Waals surface area contributed by atoms with Gasteiger partial charge in [-0.05, 0) is 32.9 Å². The third-order valence-electron chi connectivity index (χ3n) is 3.80. The maximum absolute atomic E-state index is 3.53. The lowest BCUT2D eigenvalue weighted by Gasteiger charge is -2.27. The molecule has 0 aliphatic heterocycles. The molecule has 2 nitrogen and oxygen atoms in total. The highest BCUT2D eigenvalue weighted by Crippen LogP contribution is 2.20. The Morgan fingerprint density at radius 2 is 1.75 bits per heavy atom. The lowest BCUT2D eigenvalue weighted by Crippen LogP contribution is -2.37. The van der Waals surface area contributed by atoms with E-state index in [4.69, 9.17) is 0 Å². The number of rotatable bonds is 7. The number of hydrogen-bond donors (Lipinski definition) is 1. The summed E-state index contributed by atoms with van der Waals surface area (Å²) in [5, 5.41) is 3.53. The van der Waals surface area contributed by atoms with E-state index in [-0.39, 0.29) is 0 Å². The van der Waals surface area contributed by atoms with Crippen molar-refractivity contribution < 1.29 is 0 Å². The van der Waals surface area contributed by atoms with Crippen molar-refractivity contribution in [2.24, 2.45) is 0 Å². The summed E-state index contributed by atoms with van der Waals surface area (Å²) in [6.07, 6.45) is 11.3. The van der Waals surface area contributed by atoms with Crippen LogP contribution in [-0.2, 0) is 0 Å². The molecule has 0 atom stereocenters. The molecule has 0 unspecified atom stereocenters. The minimum Gasteiger partial charge on any atom is -0.315 e. The van der Waals surface area contributed by atoms with Crippen molar-refractivity contribution in [2.45, 2.75) is 64.3 Å². The van der Waals surface area contributed by atoms with E-state index < -0.39 is 0 Å². The molecular formula is C14H30N2. The summed E-state index contributed by atoms with van der Waals surface area (Å²) < 4.78 is 0.